The molecule has 0 spiro atoms. The second kappa shape index (κ2) is 9.30. The lowest BCUT2D eigenvalue weighted by molar-refractivity contribution is -0.133. The smallest absolute Gasteiger partial charge is 0.233 e. The number of amides is 1. The predicted molar refractivity (Wildman–Crippen MR) is 118 cm³/mol. The molecule has 8 heteroatoms. The Morgan fingerprint density at radius 3 is 2.57 bits per heavy atom. The van der Waals surface area contributed by atoms with Crippen molar-refractivity contribution in [3.05, 3.63) is 59.7 Å². The molecule has 0 N–H and O–H groups in total. The first-order chi connectivity index (χ1) is 14.3. The van der Waals surface area contributed by atoms with Crippen molar-refractivity contribution in [3.8, 4) is 11.4 Å². The normalized spacial score (nSPS) is 11.4. The van der Waals surface area contributed by atoms with E-state index in [4.69, 9.17) is 4.74 Å². The van der Waals surface area contributed by atoms with E-state index >= 15 is 0 Å². The highest BCUT2D eigenvalue weighted by Crippen LogP contribution is 2.28. The fraction of sp³-hybridized carbons (Fsp3) is 0.364. The second-order valence-corrected chi connectivity index (χ2v) is 8.92. The van der Waals surface area contributed by atoms with Crippen LogP contribution in [-0.4, -0.2) is 49.4 Å². The Morgan fingerprint density at radius 2 is 1.90 bits per heavy atom. The lowest BCUT2D eigenvalue weighted by Crippen LogP contribution is -2.45. The largest absolute Gasteiger partial charge is 0.494 e. The van der Waals surface area contributed by atoms with E-state index < -0.39 is 0 Å². The zero-order chi connectivity index (χ0) is 21.7. The van der Waals surface area contributed by atoms with Crippen molar-refractivity contribution in [2.75, 3.05) is 12.9 Å². The van der Waals surface area contributed by atoms with Crippen molar-refractivity contribution in [2.45, 2.75) is 44.9 Å². The summed E-state index contributed by atoms with van der Waals surface area (Å²) >= 11 is 1.32. The van der Waals surface area contributed by atoms with E-state index in [0.29, 0.717) is 17.5 Å². The molecule has 0 radical (unpaired) electrons. The van der Waals surface area contributed by atoms with Crippen LogP contribution in [0.4, 0.5) is 0 Å². The molecule has 1 aromatic heterocycles. The first-order valence-electron chi connectivity index (χ1n) is 9.70. The summed E-state index contributed by atoms with van der Waals surface area (Å²) in [4.78, 5) is 15.0. The number of nitrogens with zero attached hydrogens (tertiary/aromatic N) is 5. The van der Waals surface area contributed by atoms with E-state index in [9.17, 15) is 4.79 Å². The van der Waals surface area contributed by atoms with Gasteiger partial charge < -0.3 is 9.64 Å². The molecule has 1 amide bonds. The summed E-state index contributed by atoms with van der Waals surface area (Å²) in [6.45, 7) is 8.68. The van der Waals surface area contributed by atoms with Gasteiger partial charge in [-0.1, -0.05) is 48.2 Å². The molecule has 0 saturated heterocycles. The molecule has 3 rings (SSSR count). The number of rotatable bonds is 7. The number of carbonyl (C=O) groups is 1. The Hall–Kier alpha value is -2.87. The molecule has 0 aliphatic rings. The van der Waals surface area contributed by atoms with E-state index in [1.54, 1.807) is 11.8 Å². The third-order valence-corrected chi connectivity index (χ3v) is 5.53. The van der Waals surface area contributed by atoms with Gasteiger partial charge in [0.25, 0.3) is 0 Å². The number of hydrogen-bond donors (Lipinski definition) is 0. The highest BCUT2D eigenvalue weighted by molar-refractivity contribution is 7.99. The number of tetrazole rings is 1. The Balaban J connectivity index is 1.78. The van der Waals surface area contributed by atoms with Crippen LogP contribution in [0.3, 0.4) is 0 Å². The molecule has 3 aromatic rings. The van der Waals surface area contributed by atoms with Crippen molar-refractivity contribution < 1.29 is 9.53 Å². The van der Waals surface area contributed by atoms with Gasteiger partial charge >= 0.3 is 0 Å². The average Bonchev–Trinajstić information content (AvgIpc) is 3.18. The zero-order valence-corrected chi connectivity index (χ0v) is 18.8. The minimum atomic E-state index is -0.306. The van der Waals surface area contributed by atoms with E-state index in [0.717, 1.165) is 16.8 Å². The molecule has 0 bridgehead atoms. The van der Waals surface area contributed by atoms with Crippen LogP contribution >= 0.6 is 11.8 Å². The number of ether oxygens (including phenoxy) is 1. The first kappa shape index (κ1) is 21.8. The van der Waals surface area contributed by atoms with Crippen LogP contribution in [-0.2, 0) is 11.3 Å². The molecular weight excluding hydrogens is 398 g/mol. The molecule has 1 heterocycles. The number of hydrogen-bond acceptors (Lipinski definition) is 6. The maximum absolute atomic E-state index is 13.1. The van der Waals surface area contributed by atoms with E-state index in [1.807, 2.05) is 81.1 Å². The third kappa shape index (κ3) is 5.18. The summed E-state index contributed by atoms with van der Waals surface area (Å²) in [6, 6.07) is 15.8. The Morgan fingerprint density at radius 1 is 1.17 bits per heavy atom. The third-order valence-electron chi connectivity index (χ3n) is 4.62. The molecule has 0 atom stereocenters. The number of methoxy groups -OCH3 is 1. The quantitative estimate of drug-likeness (QED) is 0.535. The van der Waals surface area contributed by atoms with Gasteiger partial charge in [-0.2, -0.15) is 4.68 Å². The molecule has 0 fully saturated rings. The lowest BCUT2D eigenvalue weighted by atomic mass is 10.0. The van der Waals surface area contributed by atoms with Crippen LogP contribution in [0.5, 0.6) is 5.75 Å². The first-order valence-corrected chi connectivity index (χ1v) is 10.7. The highest BCUT2D eigenvalue weighted by Gasteiger charge is 2.27. The van der Waals surface area contributed by atoms with E-state index in [1.165, 1.54) is 11.8 Å². The summed E-state index contributed by atoms with van der Waals surface area (Å²) in [7, 11) is 1.61. The van der Waals surface area contributed by atoms with Gasteiger partial charge in [0.05, 0.1) is 12.9 Å². The molecule has 0 unspecified atom stereocenters. The summed E-state index contributed by atoms with van der Waals surface area (Å²) < 4.78 is 7.07. The van der Waals surface area contributed by atoms with Gasteiger partial charge in [0.1, 0.15) is 11.4 Å². The van der Waals surface area contributed by atoms with Crippen LogP contribution in [0, 0.1) is 6.92 Å². The van der Waals surface area contributed by atoms with Crippen LogP contribution in [0.25, 0.3) is 5.69 Å². The average molecular weight is 426 g/mol. The molecule has 7 nitrogen and oxygen atoms in total. The Kier molecular flexibility index (Phi) is 6.77. The van der Waals surface area contributed by atoms with Gasteiger partial charge in [0.2, 0.25) is 11.1 Å². The summed E-state index contributed by atoms with van der Waals surface area (Å²) in [6.07, 6.45) is 0. The van der Waals surface area contributed by atoms with E-state index in [2.05, 4.69) is 15.5 Å². The predicted octanol–water partition coefficient (Wildman–Crippen LogP) is 3.90. The van der Waals surface area contributed by atoms with Crippen molar-refractivity contribution in [1.82, 2.24) is 25.1 Å². The molecular formula is C22H27N5O2S. The van der Waals surface area contributed by atoms with Gasteiger partial charge in [-0.25, -0.2) is 0 Å². The minimum absolute atomic E-state index is 0.0297. The number of benzene rings is 2. The fourth-order valence-electron chi connectivity index (χ4n) is 3.06. The number of thioether (sulfide) groups is 1. The SMILES string of the molecule is COc1ccc(C)cc1-n1nnnc1SCC(=O)N(Cc1ccccc1)C(C)(C)C. The van der Waals surface area contributed by atoms with Crippen molar-refractivity contribution in [1.29, 1.82) is 0 Å². The second-order valence-electron chi connectivity index (χ2n) is 7.97. The maximum Gasteiger partial charge on any atom is 0.233 e. The monoisotopic (exact) mass is 425 g/mol. The van der Waals surface area contributed by atoms with Gasteiger partial charge in [-0.3, -0.25) is 4.79 Å². The van der Waals surface area contributed by atoms with Crippen molar-refractivity contribution in [3.63, 3.8) is 0 Å². The molecule has 30 heavy (non-hydrogen) atoms. The molecule has 0 aliphatic carbocycles. The lowest BCUT2D eigenvalue weighted by Gasteiger charge is -2.36. The van der Waals surface area contributed by atoms with Crippen molar-refractivity contribution in [2.24, 2.45) is 0 Å². The standard InChI is InChI=1S/C22H27N5O2S/c1-16-11-12-19(29-5)18(13-16)27-21(23-24-25-27)30-15-20(28)26(22(2,3)4)14-17-9-7-6-8-10-17/h6-13H,14-15H2,1-5H3. The highest BCUT2D eigenvalue weighted by atomic mass is 32.2. The fourth-order valence-corrected chi connectivity index (χ4v) is 3.82. The minimum Gasteiger partial charge on any atom is -0.494 e. The molecule has 0 aliphatic heterocycles. The Labute approximate surface area is 181 Å². The topological polar surface area (TPSA) is 73.1 Å². The van der Waals surface area contributed by atoms with Gasteiger partial charge in [0, 0.05) is 12.1 Å². The summed E-state index contributed by atoms with van der Waals surface area (Å²) in [5.74, 6) is 0.932. The molecule has 158 valence electrons. The summed E-state index contributed by atoms with van der Waals surface area (Å²) in [5, 5.41) is 12.6. The number of aromatic nitrogens is 4. The van der Waals surface area contributed by atoms with Crippen LogP contribution in [0.1, 0.15) is 31.9 Å². The van der Waals surface area contributed by atoms with Gasteiger partial charge in [-0.05, 0) is 61.4 Å². The Bertz CT molecular complexity index is 998. The molecule has 0 saturated carbocycles. The maximum atomic E-state index is 13.1. The van der Waals surface area contributed by atoms with E-state index in [-0.39, 0.29) is 17.2 Å². The van der Waals surface area contributed by atoms with Crippen LogP contribution in [0.2, 0.25) is 0 Å². The van der Waals surface area contributed by atoms with Crippen LogP contribution < -0.4 is 4.74 Å². The zero-order valence-electron chi connectivity index (χ0n) is 18.0. The number of aryl methyl sites for hydroxylation is 1. The summed E-state index contributed by atoms with van der Waals surface area (Å²) in [5.41, 5.74) is 2.60. The van der Waals surface area contributed by atoms with Gasteiger partial charge in [0.15, 0.2) is 0 Å². The van der Waals surface area contributed by atoms with Gasteiger partial charge in [-0.15, -0.1) is 5.10 Å². The van der Waals surface area contributed by atoms with Crippen LogP contribution in [0.15, 0.2) is 53.7 Å². The van der Waals surface area contributed by atoms with Crippen molar-refractivity contribution >= 4 is 17.7 Å². The number of carbonyl (C=O) groups excluding carboxylic acids is 1. The molecule has 2 aromatic carbocycles.